The highest BCUT2D eigenvalue weighted by Crippen LogP contribution is 2.18. The predicted octanol–water partition coefficient (Wildman–Crippen LogP) is 4.89. The summed E-state index contributed by atoms with van der Waals surface area (Å²) in [5, 5.41) is 3.32. The van der Waals surface area contributed by atoms with Crippen LogP contribution in [0.4, 0.5) is 0 Å². The van der Waals surface area contributed by atoms with Gasteiger partial charge in [0.2, 0.25) is 0 Å². The van der Waals surface area contributed by atoms with Crippen LogP contribution in [0.25, 0.3) is 0 Å². The van der Waals surface area contributed by atoms with Gasteiger partial charge in [-0.25, -0.2) is 0 Å². The first-order chi connectivity index (χ1) is 8.59. The van der Waals surface area contributed by atoms with Gasteiger partial charge in [0.25, 0.3) is 0 Å². The third kappa shape index (κ3) is 5.90. The highest BCUT2D eigenvalue weighted by atomic mass is 14.9. The minimum atomic E-state index is 1.07. The van der Waals surface area contributed by atoms with Crippen LogP contribution in [-0.4, -0.2) is 6.54 Å². The molecule has 1 rings (SSSR count). The lowest BCUT2D eigenvalue weighted by Gasteiger charge is -2.18. The van der Waals surface area contributed by atoms with Gasteiger partial charge >= 0.3 is 0 Å². The largest absolute Gasteiger partial charge is 0.385 e. The first kappa shape index (κ1) is 14.8. The molecule has 0 radical (unpaired) electrons. The van der Waals surface area contributed by atoms with Crippen LogP contribution >= 0.6 is 0 Å². The molecule has 100 valence electrons. The van der Waals surface area contributed by atoms with E-state index in [-0.39, 0.29) is 0 Å². The van der Waals surface area contributed by atoms with E-state index < -0.39 is 0 Å². The van der Waals surface area contributed by atoms with Crippen LogP contribution in [0.1, 0.15) is 52.4 Å². The third-order valence-electron chi connectivity index (χ3n) is 3.34. The zero-order chi connectivity index (χ0) is 13.4. The van der Waals surface area contributed by atoms with Gasteiger partial charge in [0, 0.05) is 12.2 Å². The van der Waals surface area contributed by atoms with Gasteiger partial charge < -0.3 is 5.32 Å². The summed E-state index contributed by atoms with van der Waals surface area (Å²) in [6.45, 7) is 13.4. The van der Waals surface area contributed by atoms with Gasteiger partial charge in [-0.05, 0) is 57.9 Å². The van der Waals surface area contributed by atoms with Crippen LogP contribution in [0.5, 0.6) is 0 Å². The minimum Gasteiger partial charge on any atom is -0.385 e. The molecule has 0 atom stereocenters. The maximum atomic E-state index is 4.05. The average molecular weight is 245 g/mol. The number of rotatable bonds is 6. The van der Waals surface area contributed by atoms with Crippen LogP contribution in [0, 0.1) is 0 Å². The summed E-state index contributed by atoms with van der Waals surface area (Å²) in [5.74, 6) is 0. The maximum Gasteiger partial charge on any atom is 0.0299 e. The molecule has 1 heterocycles. The van der Waals surface area contributed by atoms with Crippen molar-refractivity contribution >= 4 is 0 Å². The van der Waals surface area contributed by atoms with Gasteiger partial charge in [0.1, 0.15) is 0 Å². The summed E-state index contributed by atoms with van der Waals surface area (Å²) in [4.78, 5) is 0. The molecule has 1 heteroatoms. The molecule has 0 aromatic heterocycles. The van der Waals surface area contributed by atoms with E-state index in [1.165, 1.54) is 42.4 Å². The molecule has 1 fully saturated rings. The summed E-state index contributed by atoms with van der Waals surface area (Å²) < 4.78 is 0. The smallest absolute Gasteiger partial charge is 0.0299 e. The third-order valence-corrected chi connectivity index (χ3v) is 3.34. The minimum absolute atomic E-state index is 1.07. The number of nitrogens with one attached hydrogen (secondary N) is 1. The summed E-state index contributed by atoms with van der Waals surface area (Å²) >= 11 is 0. The second kappa shape index (κ2) is 7.97. The SMILES string of the molecule is C=C(C)CCCC/C(C)=C/C=C1/CCCNC1=C. The quantitative estimate of drug-likeness (QED) is 0.519. The van der Waals surface area contributed by atoms with E-state index in [2.05, 4.69) is 44.5 Å². The fourth-order valence-electron chi connectivity index (χ4n) is 2.12. The fourth-order valence-corrected chi connectivity index (χ4v) is 2.12. The topological polar surface area (TPSA) is 12.0 Å². The standard InChI is InChI=1S/C17H27N/c1-14(2)8-5-6-9-15(3)11-12-17-10-7-13-18-16(17)4/h11-12,18H,1,4-10,13H2,2-3H3/b15-11+,17-12-. The number of unbranched alkanes of at least 4 members (excludes halogenated alkanes) is 1. The molecule has 1 aliphatic heterocycles. The highest BCUT2D eigenvalue weighted by molar-refractivity contribution is 5.32. The monoisotopic (exact) mass is 245 g/mol. The van der Waals surface area contributed by atoms with Crippen LogP contribution in [0.15, 0.2) is 47.7 Å². The van der Waals surface area contributed by atoms with Crippen molar-refractivity contribution in [3.8, 4) is 0 Å². The molecule has 0 aromatic carbocycles. The van der Waals surface area contributed by atoms with Gasteiger partial charge in [0.15, 0.2) is 0 Å². The highest BCUT2D eigenvalue weighted by Gasteiger charge is 2.06. The van der Waals surface area contributed by atoms with E-state index in [0.717, 1.165) is 25.1 Å². The summed E-state index contributed by atoms with van der Waals surface area (Å²) in [6.07, 6.45) is 11.7. The molecule has 1 N–H and O–H groups in total. The van der Waals surface area contributed by atoms with Crippen LogP contribution in [0.3, 0.4) is 0 Å². The lowest BCUT2D eigenvalue weighted by Crippen LogP contribution is -2.20. The number of hydrogen-bond acceptors (Lipinski definition) is 1. The van der Waals surface area contributed by atoms with Crippen molar-refractivity contribution < 1.29 is 0 Å². The lowest BCUT2D eigenvalue weighted by atomic mass is 10.0. The average Bonchev–Trinajstić information content (AvgIpc) is 2.33. The van der Waals surface area contributed by atoms with Gasteiger partial charge in [-0.3, -0.25) is 0 Å². The second-order valence-corrected chi connectivity index (χ2v) is 5.38. The molecule has 1 aliphatic rings. The molecule has 0 saturated carbocycles. The van der Waals surface area contributed by atoms with Crippen molar-refractivity contribution in [2.24, 2.45) is 0 Å². The molecule has 0 spiro atoms. The van der Waals surface area contributed by atoms with E-state index >= 15 is 0 Å². The van der Waals surface area contributed by atoms with Crippen molar-refractivity contribution in [3.05, 3.63) is 47.7 Å². The molecule has 0 amide bonds. The van der Waals surface area contributed by atoms with Crippen LogP contribution in [0.2, 0.25) is 0 Å². The fraction of sp³-hybridized carbons (Fsp3) is 0.529. The summed E-state index contributed by atoms with van der Waals surface area (Å²) in [6, 6.07) is 0. The Morgan fingerprint density at radius 3 is 2.67 bits per heavy atom. The predicted molar refractivity (Wildman–Crippen MR) is 81.5 cm³/mol. The van der Waals surface area contributed by atoms with Crippen molar-refractivity contribution in [2.75, 3.05) is 6.54 Å². The molecular weight excluding hydrogens is 218 g/mol. The maximum absolute atomic E-state index is 4.05. The molecule has 0 bridgehead atoms. The molecular formula is C17H27N. The first-order valence-corrected chi connectivity index (χ1v) is 7.03. The van der Waals surface area contributed by atoms with Gasteiger partial charge in [-0.15, -0.1) is 6.58 Å². The number of hydrogen-bond donors (Lipinski definition) is 1. The van der Waals surface area contributed by atoms with E-state index in [1.807, 2.05) is 0 Å². The molecule has 0 unspecified atom stereocenters. The van der Waals surface area contributed by atoms with E-state index in [1.54, 1.807) is 0 Å². The van der Waals surface area contributed by atoms with Crippen molar-refractivity contribution in [2.45, 2.75) is 52.4 Å². The Hall–Kier alpha value is -1.24. The van der Waals surface area contributed by atoms with Gasteiger partial charge in [-0.1, -0.05) is 29.9 Å². The number of piperidine rings is 1. The van der Waals surface area contributed by atoms with E-state index in [4.69, 9.17) is 0 Å². The van der Waals surface area contributed by atoms with E-state index in [0.29, 0.717) is 0 Å². The summed E-state index contributed by atoms with van der Waals surface area (Å²) in [7, 11) is 0. The molecule has 18 heavy (non-hydrogen) atoms. The zero-order valence-corrected chi connectivity index (χ0v) is 12.0. The van der Waals surface area contributed by atoms with Crippen LogP contribution < -0.4 is 5.32 Å². The van der Waals surface area contributed by atoms with E-state index in [9.17, 15) is 0 Å². The van der Waals surface area contributed by atoms with Crippen molar-refractivity contribution in [1.82, 2.24) is 5.32 Å². The Balaban J connectivity index is 2.33. The Morgan fingerprint density at radius 1 is 1.28 bits per heavy atom. The van der Waals surface area contributed by atoms with Crippen molar-refractivity contribution in [1.29, 1.82) is 0 Å². The van der Waals surface area contributed by atoms with Crippen molar-refractivity contribution in [3.63, 3.8) is 0 Å². The second-order valence-electron chi connectivity index (χ2n) is 5.38. The molecule has 0 aliphatic carbocycles. The lowest BCUT2D eigenvalue weighted by molar-refractivity contribution is 0.671. The zero-order valence-electron chi connectivity index (χ0n) is 12.0. The van der Waals surface area contributed by atoms with Gasteiger partial charge in [0.05, 0.1) is 0 Å². The summed E-state index contributed by atoms with van der Waals surface area (Å²) in [5.41, 5.74) is 5.22. The Bertz CT molecular complexity index is 358. The Labute approximate surface area is 112 Å². The molecule has 0 aromatic rings. The Kier molecular flexibility index (Phi) is 6.56. The first-order valence-electron chi connectivity index (χ1n) is 7.03. The van der Waals surface area contributed by atoms with Gasteiger partial charge in [-0.2, -0.15) is 0 Å². The normalized spacial score (nSPS) is 18.9. The van der Waals surface area contributed by atoms with Crippen LogP contribution in [-0.2, 0) is 0 Å². The molecule has 1 nitrogen and oxygen atoms in total. The number of allylic oxidation sites excluding steroid dienone is 5. The Morgan fingerprint density at radius 2 is 2.00 bits per heavy atom. The molecule has 1 saturated heterocycles.